The number of nitrogens with zero attached hydrogens (tertiary/aromatic N) is 1. The molecule has 1 aromatic carbocycles. The van der Waals surface area contributed by atoms with Gasteiger partial charge in [0, 0.05) is 6.54 Å². The second-order valence-electron chi connectivity index (χ2n) is 3.80. The van der Waals surface area contributed by atoms with E-state index in [0.717, 1.165) is 5.13 Å². The summed E-state index contributed by atoms with van der Waals surface area (Å²) < 4.78 is 4.64. The van der Waals surface area contributed by atoms with Crippen LogP contribution in [0.5, 0.6) is 0 Å². The number of anilines is 1. The van der Waals surface area contributed by atoms with Gasteiger partial charge in [-0.05, 0) is 18.1 Å². The van der Waals surface area contributed by atoms with E-state index < -0.39 is 0 Å². The van der Waals surface area contributed by atoms with Crippen LogP contribution in [0.2, 0.25) is 0 Å². The zero-order chi connectivity index (χ0) is 13.0. The first-order chi connectivity index (χ1) is 8.70. The van der Waals surface area contributed by atoms with Crippen LogP contribution in [0.15, 0.2) is 30.5 Å². The predicted octanol–water partition coefficient (Wildman–Crippen LogP) is 2.85. The summed E-state index contributed by atoms with van der Waals surface area (Å²) in [7, 11) is 1.36. The van der Waals surface area contributed by atoms with Gasteiger partial charge in [0.05, 0.1) is 13.3 Å². The Balaban J connectivity index is 2.01. The summed E-state index contributed by atoms with van der Waals surface area (Å²) in [6.07, 6.45) is 1.52. The fourth-order valence-electron chi connectivity index (χ4n) is 1.53. The molecule has 0 spiro atoms. The highest BCUT2D eigenvalue weighted by molar-refractivity contribution is 7.17. The van der Waals surface area contributed by atoms with E-state index in [2.05, 4.69) is 34.1 Å². The third-order valence-corrected chi connectivity index (χ3v) is 3.52. The summed E-state index contributed by atoms with van der Waals surface area (Å²) in [5.74, 6) is -0.351. The number of carbonyl (C=O) groups is 1. The number of hydrogen-bond acceptors (Lipinski definition) is 5. The summed E-state index contributed by atoms with van der Waals surface area (Å²) in [4.78, 5) is 15.9. The Morgan fingerprint density at radius 3 is 2.94 bits per heavy atom. The van der Waals surface area contributed by atoms with Gasteiger partial charge >= 0.3 is 5.97 Å². The Morgan fingerprint density at radius 2 is 2.22 bits per heavy atom. The number of rotatable bonds is 4. The van der Waals surface area contributed by atoms with Crippen molar-refractivity contribution in [2.75, 3.05) is 12.4 Å². The summed E-state index contributed by atoms with van der Waals surface area (Å²) in [5, 5.41) is 3.92. The number of methoxy groups -OCH3 is 1. The number of hydrogen-bond donors (Lipinski definition) is 1. The fraction of sp³-hybridized carbons (Fsp3) is 0.231. The maximum Gasteiger partial charge on any atom is 0.349 e. The van der Waals surface area contributed by atoms with E-state index in [9.17, 15) is 4.79 Å². The van der Waals surface area contributed by atoms with E-state index in [1.54, 1.807) is 0 Å². The average Bonchev–Trinajstić information content (AvgIpc) is 2.86. The summed E-state index contributed by atoms with van der Waals surface area (Å²) in [5.41, 5.74) is 2.45. The van der Waals surface area contributed by atoms with Crippen LogP contribution in [-0.2, 0) is 11.3 Å². The molecule has 2 aromatic rings. The molecular weight excluding hydrogens is 248 g/mol. The van der Waals surface area contributed by atoms with Gasteiger partial charge in [-0.15, -0.1) is 0 Å². The monoisotopic (exact) mass is 262 g/mol. The lowest BCUT2D eigenvalue weighted by atomic mass is 10.1. The molecule has 0 aliphatic rings. The van der Waals surface area contributed by atoms with Gasteiger partial charge in [0.1, 0.15) is 4.88 Å². The van der Waals surface area contributed by atoms with Gasteiger partial charge in [-0.25, -0.2) is 9.78 Å². The molecule has 0 radical (unpaired) electrons. The lowest BCUT2D eigenvalue weighted by molar-refractivity contribution is 0.0606. The van der Waals surface area contributed by atoms with Crippen molar-refractivity contribution in [3.8, 4) is 0 Å². The molecule has 4 nitrogen and oxygen atoms in total. The molecule has 0 saturated heterocycles. The van der Waals surface area contributed by atoms with Crippen LogP contribution in [0, 0.1) is 6.92 Å². The SMILES string of the molecule is COC(=O)c1cnc(NCc2ccccc2C)s1. The Bertz CT molecular complexity index is 551. The molecule has 0 fully saturated rings. The van der Waals surface area contributed by atoms with Crippen LogP contribution < -0.4 is 5.32 Å². The standard InChI is InChI=1S/C13H14N2O2S/c1-9-5-3-4-6-10(9)7-14-13-15-8-11(18-13)12(16)17-2/h3-6,8H,7H2,1-2H3,(H,14,15). The molecule has 94 valence electrons. The highest BCUT2D eigenvalue weighted by atomic mass is 32.1. The normalized spacial score (nSPS) is 10.1. The Hall–Kier alpha value is -1.88. The number of benzene rings is 1. The zero-order valence-corrected chi connectivity index (χ0v) is 11.1. The van der Waals surface area contributed by atoms with Crippen molar-refractivity contribution in [3.05, 3.63) is 46.5 Å². The number of nitrogens with one attached hydrogen (secondary N) is 1. The molecule has 1 heterocycles. The third-order valence-electron chi connectivity index (χ3n) is 2.58. The van der Waals surface area contributed by atoms with Crippen LogP contribution in [0.1, 0.15) is 20.8 Å². The van der Waals surface area contributed by atoms with Crippen molar-refractivity contribution in [3.63, 3.8) is 0 Å². The lowest BCUT2D eigenvalue weighted by Gasteiger charge is -2.05. The highest BCUT2D eigenvalue weighted by Gasteiger charge is 2.10. The molecule has 0 aliphatic heterocycles. The quantitative estimate of drug-likeness (QED) is 0.861. The minimum absolute atomic E-state index is 0.351. The maximum atomic E-state index is 11.3. The van der Waals surface area contributed by atoms with Gasteiger partial charge in [0.15, 0.2) is 5.13 Å². The van der Waals surface area contributed by atoms with E-state index in [1.807, 2.05) is 12.1 Å². The van der Waals surface area contributed by atoms with E-state index >= 15 is 0 Å². The first-order valence-electron chi connectivity index (χ1n) is 5.53. The van der Waals surface area contributed by atoms with Crippen molar-refractivity contribution in [2.45, 2.75) is 13.5 Å². The number of thiazole rings is 1. The largest absolute Gasteiger partial charge is 0.465 e. The Labute approximate surface area is 110 Å². The number of aromatic nitrogens is 1. The molecule has 0 bridgehead atoms. The molecule has 0 unspecified atom stereocenters. The second-order valence-corrected chi connectivity index (χ2v) is 4.83. The van der Waals surface area contributed by atoms with Gasteiger partial charge in [0.25, 0.3) is 0 Å². The van der Waals surface area contributed by atoms with Crippen LogP contribution in [0.4, 0.5) is 5.13 Å². The summed E-state index contributed by atoms with van der Waals surface area (Å²) in [6, 6.07) is 8.15. The number of ether oxygens (including phenoxy) is 1. The summed E-state index contributed by atoms with van der Waals surface area (Å²) in [6.45, 7) is 2.76. The Kier molecular flexibility index (Phi) is 3.94. The van der Waals surface area contributed by atoms with Crippen molar-refractivity contribution in [1.29, 1.82) is 0 Å². The molecule has 18 heavy (non-hydrogen) atoms. The molecule has 0 atom stereocenters. The van der Waals surface area contributed by atoms with Crippen LogP contribution in [0.25, 0.3) is 0 Å². The molecule has 1 N–H and O–H groups in total. The number of aryl methyl sites for hydroxylation is 1. The van der Waals surface area contributed by atoms with E-state index in [1.165, 1.54) is 35.8 Å². The minimum Gasteiger partial charge on any atom is -0.465 e. The van der Waals surface area contributed by atoms with E-state index in [4.69, 9.17) is 0 Å². The fourth-order valence-corrected chi connectivity index (χ4v) is 2.26. The van der Waals surface area contributed by atoms with Crippen molar-refractivity contribution in [1.82, 2.24) is 4.98 Å². The molecule has 1 aromatic heterocycles. The molecule has 0 saturated carbocycles. The van der Waals surface area contributed by atoms with Gasteiger partial charge in [0.2, 0.25) is 0 Å². The maximum absolute atomic E-state index is 11.3. The smallest absolute Gasteiger partial charge is 0.349 e. The summed E-state index contributed by atoms with van der Waals surface area (Å²) >= 11 is 1.29. The molecule has 5 heteroatoms. The van der Waals surface area contributed by atoms with Crippen LogP contribution in [-0.4, -0.2) is 18.1 Å². The van der Waals surface area contributed by atoms with Crippen molar-refractivity contribution in [2.24, 2.45) is 0 Å². The van der Waals surface area contributed by atoms with E-state index in [-0.39, 0.29) is 5.97 Å². The van der Waals surface area contributed by atoms with E-state index in [0.29, 0.717) is 11.4 Å². The van der Waals surface area contributed by atoms with Gasteiger partial charge in [-0.2, -0.15) is 0 Å². The van der Waals surface area contributed by atoms with Gasteiger partial charge in [-0.3, -0.25) is 0 Å². The van der Waals surface area contributed by atoms with Crippen LogP contribution >= 0.6 is 11.3 Å². The number of esters is 1. The first kappa shape index (κ1) is 12.6. The molecule has 0 amide bonds. The molecular formula is C13H14N2O2S. The average molecular weight is 262 g/mol. The van der Waals surface area contributed by atoms with Gasteiger partial charge < -0.3 is 10.1 Å². The van der Waals surface area contributed by atoms with Crippen molar-refractivity contribution >= 4 is 22.4 Å². The second kappa shape index (κ2) is 5.64. The van der Waals surface area contributed by atoms with Crippen molar-refractivity contribution < 1.29 is 9.53 Å². The molecule has 0 aliphatic carbocycles. The minimum atomic E-state index is -0.351. The molecule has 2 rings (SSSR count). The zero-order valence-electron chi connectivity index (χ0n) is 10.3. The predicted molar refractivity (Wildman–Crippen MR) is 72.0 cm³/mol. The lowest BCUT2D eigenvalue weighted by Crippen LogP contribution is -2.00. The first-order valence-corrected chi connectivity index (χ1v) is 6.35. The van der Waals surface area contributed by atoms with Crippen LogP contribution in [0.3, 0.4) is 0 Å². The Morgan fingerprint density at radius 1 is 1.44 bits per heavy atom. The third kappa shape index (κ3) is 2.87. The highest BCUT2D eigenvalue weighted by Crippen LogP contribution is 2.20. The number of carbonyl (C=O) groups excluding carboxylic acids is 1. The topological polar surface area (TPSA) is 51.2 Å². The van der Waals surface area contributed by atoms with Gasteiger partial charge in [-0.1, -0.05) is 35.6 Å².